The molecule has 4 nitrogen and oxygen atoms in total. The van der Waals surface area contributed by atoms with Crippen LogP contribution >= 0.6 is 0 Å². The van der Waals surface area contributed by atoms with Gasteiger partial charge in [-0.25, -0.2) is 4.79 Å². The third kappa shape index (κ3) is 3.68. The van der Waals surface area contributed by atoms with Gasteiger partial charge in [-0.15, -0.1) is 0 Å². The molecule has 0 aromatic heterocycles. The maximum Gasteiger partial charge on any atom is 0.407 e. The van der Waals surface area contributed by atoms with E-state index in [4.69, 9.17) is 5.11 Å². The Hall–Kier alpha value is -1.97. The van der Waals surface area contributed by atoms with Crippen molar-refractivity contribution in [2.45, 2.75) is 46.0 Å². The molecule has 1 heterocycles. The van der Waals surface area contributed by atoms with Gasteiger partial charge in [-0.2, -0.15) is 0 Å². The zero-order valence-corrected chi connectivity index (χ0v) is 15.5. The zero-order valence-electron chi connectivity index (χ0n) is 15.5. The molecular formula is C21H30N2O2. The Labute approximate surface area is 151 Å². The fraction of sp³-hybridized carbons (Fsp3) is 0.571. The first-order valence-electron chi connectivity index (χ1n) is 9.60. The summed E-state index contributed by atoms with van der Waals surface area (Å²) in [5, 5.41) is 9.15. The average Bonchev–Trinajstić information content (AvgIpc) is 2.68. The van der Waals surface area contributed by atoms with Crippen molar-refractivity contribution >= 4 is 17.4 Å². The quantitative estimate of drug-likeness (QED) is 0.850. The minimum atomic E-state index is -0.807. The van der Waals surface area contributed by atoms with Gasteiger partial charge in [-0.05, 0) is 36.3 Å². The van der Waals surface area contributed by atoms with Gasteiger partial charge in [0.1, 0.15) is 0 Å². The summed E-state index contributed by atoms with van der Waals surface area (Å²) in [4.78, 5) is 15.0. The Morgan fingerprint density at radius 1 is 1.12 bits per heavy atom. The van der Waals surface area contributed by atoms with E-state index in [9.17, 15) is 4.79 Å². The van der Waals surface area contributed by atoms with E-state index in [1.807, 2.05) is 0 Å². The van der Waals surface area contributed by atoms with Crippen molar-refractivity contribution < 1.29 is 9.90 Å². The Balaban J connectivity index is 1.79. The van der Waals surface area contributed by atoms with Crippen molar-refractivity contribution in [1.29, 1.82) is 0 Å². The van der Waals surface area contributed by atoms with E-state index < -0.39 is 6.09 Å². The molecule has 0 saturated carbocycles. The molecule has 0 radical (unpaired) electrons. The summed E-state index contributed by atoms with van der Waals surface area (Å²) in [5.74, 6) is 0. The van der Waals surface area contributed by atoms with Crippen molar-refractivity contribution in [3.05, 3.63) is 35.9 Å². The highest BCUT2D eigenvalue weighted by Gasteiger charge is 2.29. The van der Waals surface area contributed by atoms with Gasteiger partial charge in [0.2, 0.25) is 0 Å². The molecular weight excluding hydrogens is 312 g/mol. The molecule has 0 unspecified atom stereocenters. The van der Waals surface area contributed by atoms with Crippen molar-refractivity contribution in [2.75, 3.05) is 31.1 Å². The van der Waals surface area contributed by atoms with Crippen molar-refractivity contribution in [3.63, 3.8) is 0 Å². The van der Waals surface area contributed by atoms with E-state index in [1.165, 1.54) is 47.4 Å². The van der Waals surface area contributed by atoms with Crippen LogP contribution in [0.3, 0.4) is 0 Å². The molecule has 1 N–H and O–H groups in total. The van der Waals surface area contributed by atoms with Gasteiger partial charge in [0.25, 0.3) is 0 Å². The summed E-state index contributed by atoms with van der Waals surface area (Å²) in [6.45, 7) is 7.33. The van der Waals surface area contributed by atoms with Crippen LogP contribution in [0, 0.1) is 5.41 Å². The molecule has 0 bridgehead atoms. The third-order valence-corrected chi connectivity index (χ3v) is 6.35. The van der Waals surface area contributed by atoms with Crippen LogP contribution in [0.1, 0.15) is 51.5 Å². The summed E-state index contributed by atoms with van der Waals surface area (Å²) in [5.41, 5.74) is 4.56. The second-order valence-electron chi connectivity index (χ2n) is 7.41. The predicted molar refractivity (Wildman–Crippen MR) is 103 cm³/mol. The smallest absolute Gasteiger partial charge is 0.407 e. The number of carboxylic acid groups (broad SMARTS) is 1. The molecule has 0 spiro atoms. The number of nitrogens with zero attached hydrogens (tertiary/aromatic N) is 2. The van der Waals surface area contributed by atoms with Crippen LogP contribution in [0.2, 0.25) is 0 Å². The SMILES string of the molecule is CCC1(CC)CC=C(c2ccccc2N2CCN(C(=O)O)CC2)CC1. The van der Waals surface area contributed by atoms with E-state index in [1.54, 1.807) is 0 Å². The molecule has 3 rings (SSSR count). The minimum absolute atomic E-state index is 0.492. The molecule has 1 aromatic rings. The predicted octanol–water partition coefficient (Wildman–Crippen LogP) is 4.86. The van der Waals surface area contributed by atoms with Crippen LogP contribution in [-0.4, -0.2) is 42.3 Å². The highest BCUT2D eigenvalue weighted by molar-refractivity contribution is 5.78. The topological polar surface area (TPSA) is 43.8 Å². The lowest BCUT2D eigenvalue weighted by atomic mass is 9.70. The van der Waals surface area contributed by atoms with Gasteiger partial charge < -0.3 is 14.9 Å². The number of piperazine rings is 1. The molecule has 136 valence electrons. The molecule has 1 aromatic carbocycles. The van der Waals surface area contributed by atoms with Crippen molar-refractivity contribution in [1.82, 2.24) is 4.90 Å². The summed E-state index contributed by atoms with van der Waals surface area (Å²) in [6.07, 6.45) is 7.76. The Morgan fingerprint density at radius 3 is 2.36 bits per heavy atom. The number of hydrogen-bond acceptors (Lipinski definition) is 2. The molecule has 25 heavy (non-hydrogen) atoms. The van der Waals surface area contributed by atoms with Gasteiger partial charge in [0, 0.05) is 37.4 Å². The Morgan fingerprint density at radius 2 is 1.80 bits per heavy atom. The first-order valence-corrected chi connectivity index (χ1v) is 9.60. The van der Waals surface area contributed by atoms with Crippen LogP contribution in [-0.2, 0) is 0 Å². The number of anilines is 1. The molecule has 0 atom stereocenters. The Kier molecular flexibility index (Phi) is 5.36. The van der Waals surface area contributed by atoms with E-state index in [2.05, 4.69) is 49.1 Å². The van der Waals surface area contributed by atoms with Crippen LogP contribution in [0.25, 0.3) is 5.57 Å². The molecule has 2 aliphatic rings. The van der Waals surface area contributed by atoms with Crippen LogP contribution in [0.15, 0.2) is 30.3 Å². The number of rotatable bonds is 4. The standard InChI is InChI=1S/C21H30N2O2/c1-3-21(4-2)11-9-17(10-12-21)18-7-5-6-8-19(18)22-13-15-23(16-14-22)20(24)25/h5-9H,3-4,10-16H2,1-2H3,(H,24,25). The third-order valence-electron chi connectivity index (χ3n) is 6.35. The van der Waals surface area contributed by atoms with E-state index >= 15 is 0 Å². The number of benzene rings is 1. The van der Waals surface area contributed by atoms with Gasteiger partial charge in [0.15, 0.2) is 0 Å². The Bertz CT molecular complexity index is 641. The van der Waals surface area contributed by atoms with E-state index in [0.717, 1.165) is 19.5 Å². The molecule has 1 amide bonds. The van der Waals surface area contributed by atoms with E-state index in [-0.39, 0.29) is 0 Å². The second kappa shape index (κ2) is 7.51. The van der Waals surface area contributed by atoms with Crippen LogP contribution in [0.4, 0.5) is 10.5 Å². The molecule has 1 aliphatic carbocycles. The van der Waals surface area contributed by atoms with E-state index in [0.29, 0.717) is 18.5 Å². The van der Waals surface area contributed by atoms with Crippen molar-refractivity contribution in [2.24, 2.45) is 5.41 Å². The summed E-state index contributed by atoms with van der Waals surface area (Å²) in [7, 11) is 0. The number of carbonyl (C=O) groups is 1. The summed E-state index contributed by atoms with van der Waals surface area (Å²) >= 11 is 0. The molecule has 4 heteroatoms. The highest BCUT2D eigenvalue weighted by Crippen LogP contribution is 2.44. The van der Waals surface area contributed by atoms with Crippen LogP contribution < -0.4 is 4.90 Å². The maximum atomic E-state index is 11.1. The fourth-order valence-electron chi connectivity index (χ4n) is 4.24. The lowest BCUT2D eigenvalue weighted by molar-refractivity contribution is 0.142. The van der Waals surface area contributed by atoms with Crippen molar-refractivity contribution in [3.8, 4) is 0 Å². The lowest BCUT2D eigenvalue weighted by Crippen LogP contribution is -2.48. The zero-order chi connectivity index (χ0) is 17.9. The van der Waals surface area contributed by atoms with Gasteiger partial charge in [0.05, 0.1) is 0 Å². The fourth-order valence-corrected chi connectivity index (χ4v) is 4.24. The summed E-state index contributed by atoms with van der Waals surface area (Å²) < 4.78 is 0. The molecule has 1 aliphatic heterocycles. The monoisotopic (exact) mass is 342 g/mol. The number of allylic oxidation sites excluding steroid dienone is 2. The lowest BCUT2D eigenvalue weighted by Gasteiger charge is -2.38. The van der Waals surface area contributed by atoms with Gasteiger partial charge in [-0.1, -0.05) is 51.0 Å². The maximum absolute atomic E-state index is 11.1. The number of para-hydroxylation sites is 1. The molecule has 1 fully saturated rings. The van der Waals surface area contributed by atoms with Crippen LogP contribution in [0.5, 0.6) is 0 Å². The number of hydrogen-bond donors (Lipinski definition) is 1. The first kappa shape index (κ1) is 17.8. The van der Waals surface area contributed by atoms with Gasteiger partial charge >= 0.3 is 6.09 Å². The highest BCUT2D eigenvalue weighted by atomic mass is 16.4. The van der Waals surface area contributed by atoms with Gasteiger partial charge in [-0.3, -0.25) is 0 Å². The number of amides is 1. The molecule has 1 saturated heterocycles. The normalized spacial score (nSPS) is 20.3. The average molecular weight is 342 g/mol. The minimum Gasteiger partial charge on any atom is -0.465 e. The first-order chi connectivity index (χ1) is 12.1. The summed E-state index contributed by atoms with van der Waals surface area (Å²) in [6, 6.07) is 8.63. The largest absolute Gasteiger partial charge is 0.465 e. The second-order valence-corrected chi connectivity index (χ2v) is 7.41.